The minimum absolute atomic E-state index is 0.123. The van der Waals surface area contributed by atoms with E-state index in [9.17, 15) is 13.2 Å². The smallest absolute Gasteiger partial charge is 0.261 e. The molecule has 5 nitrogen and oxygen atoms in total. The number of nitrogens with zero attached hydrogens (tertiary/aromatic N) is 1. The van der Waals surface area contributed by atoms with Gasteiger partial charge in [0.25, 0.3) is 15.9 Å². The molecule has 1 aliphatic rings. The maximum atomic E-state index is 13.0. The highest BCUT2D eigenvalue weighted by molar-refractivity contribution is 7.92. The molecule has 3 aromatic rings. The van der Waals surface area contributed by atoms with Crippen LogP contribution in [-0.4, -0.2) is 20.9 Å². The number of anilines is 2. The summed E-state index contributed by atoms with van der Waals surface area (Å²) in [6.07, 6.45) is 2.37. The Morgan fingerprint density at radius 3 is 2.42 bits per heavy atom. The summed E-state index contributed by atoms with van der Waals surface area (Å²) in [7, 11) is -3.73. The number of benzene rings is 3. The highest BCUT2D eigenvalue weighted by atomic mass is 35.5. The fourth-order valence-corrected chi connectivity index (χ4v) is 4.96. The standard InChI is InChI=1S/C24H23ClN2O3S/c1-2-17-5-11-21(12-6-17)26-31(29,30)22-13-14-23-19(16-22)4-3-15-27(23)24(28)18-7-9-20(25)10-8-18/h5-14,16,26H,2-4,15H2,1H3. The van der Waals surface area contributed by atoms with Crippen molar-refractivity contribution >= 4 is 38.9 Å². The van der Waals surface area contributed by atoms with Gasteiger partial charge in [-0.05, 0) is 85.0 Å². The van der Waals surface area contributed by atoms with Crippen LogP contribution in [0.4, 0.5) is 11.4 Å². The summed E-state index contributed by atoms with van der Waals surface area (Å²) < 4.78 is 28.4. The van der Waals surface area contributed by atoms with Gasteiger partial charge in [-0.25, -0.2) is 8.42 Å². The van der Waals surface area contributed by atoms with Gasteiger partial charge in [0, 0.05) is 28.5 Å². The lowest BCUT2D eigenvalue weighted by atomic mass is 10.0. The molecular formula is C24H23ClN2O3S. The minimum atomic E-state index is -3.73. The van der Waals surface area contributed by atoms with Gasteiger partial charge >= 0.3 is 0 Å². The van der Waals surface area contributed by atoms with Gasteiger partial charge < -0.3 is 4.90 Å². The van der Waals surface area contributed by atoms with Crippen LogP contribution in [0.2, 0.25) is 5.02 Å². The maximum Gasteiger partial charge on any atom is 0.261 e. The van der Waals surface area contributed by atoms with Crippen LogP contribution in [0, 0.1) is 0 Å². The topological polar surface area (TPSA) is 66.5 Å². The number of nitrogens with one attached hydrogen (secondary N) is 1. The van der Waals surface area contributed by atoms with Gasteiger partial charge in [0.15, 0.2) is 0 Å². The molecule has 0 fully saturated rings. The SMILES string of the molecule is CCc1ccc(NS(=O)(=O)c2ccc3c(c2)CCCN3C(=O)c2ccc(Cl)cc2)cc1. The van der Waals surface area contributed by atoms with E-state index in [4.69, 9.17) is 11.6 Å². The van der Waals surface area contributed by atoms with Gasteiger partial charge in [0.1, 0.15) is 0 Å². The van der Waals surface area contributed by atoms with Gasteiger partial charge in [0.2, 0.25) is 0 Å². The predicted octanol–water partition coefficient (Wildman–Crippen LogP) is 5.30. The Balaban J connectivity index is 1.60. The summed E-state index contributed by atoms with van der Waals surface area (Å²) in [5.41, 5.74) is 3.80. The summed E-state index contributed by atoms with van der Waals surface area (Å²) in [6, 6.07) is 19.1. The lowest BCUT2D eigenvalue weighted by Crippen LogP contribution is -2.35. The first-order valence-corrected chi connectivity index (χ1v) is 12.1. The molecule has 0 atom stereocenters. The van der Waals surface area contributed by atoms with Crippen molar-refractivity contribution in [2.24, 2.45) is 0 Å². The van der Waals surface area contributed by atoms with E-state index in [-0.39, 0.29) is 10.8 Å². The Bertz CT molecular complexity index is 1210. The van der Waals surface area contributed by atoms with Gasteiger partial charge in [-0.1, -0.05) is 30.7 Å². The van der Waals surface area contributed by atoms with Crippen LogP contribution in [0.3, 0.4) is 0 Å². The van der Waals surface area contributed by atoms with E-state index in [2.05, 4.69) is 4.72 Å². The van der Waals surface area contributed by atoms with Crippen molar-refractivity contribution in [3.05, 3.63) is 88.4 Å². The van der Waals surface area contributed by atoms with Crippen LogP contribution in [-0.2, 0) is 22.9 Å². The Morgan fingerprint density at radius 2 is 1.74 bits per heavy atom. The number of carbonyl (C=O) groups excluding carboxylic acids is 1. The van der Waals surface area contributed by atoms with Crippen LogP contribution in [0.15, 0.2) is 71.6 Å². The van der Waals surface area contributed by atoms with Crippen molar-refractivity contribution in [2.45, 2.75) is 31.1 Å². The van der Waals surface area contributed by atoms with Gasteiger partial charge in [-0.15, -0.1) is 0 Å². The van der Waals surface area contributed by atoms with Gasteiger partial charge in [-0.3, -0.25) is 9.52 Å². The van der Waals surface area contributed by atoms with Crippen LogP contribution < -0.4 is 9.62 Å². The summed E-state index contributed by atoms with van der Waals surface area (Å²) in [4.78, 5) is 14.9. The molecule has 1 heterocycles. The zero-order valence-electron chi connectivity index (χ0n) is 17.1. The summed E-state index contributed by atoms with van der Waals surface area (Å²) >= 11 is 5.93. The molecule has 1 N–H and O–H groups in total. The Hall–Kier alpha value is -2.83. The molecular weight excluding hydrogens is 432 g/mol. The fraction of sp³-hybridized carbons (Fsp3) is 0.208. The number of fused-ring (bicyclic) bond motifs is 1. The molecule has 1 amide bonds. The van der Waals surface area contributed by atoms with Crippen molar-refractivity contribution in [2.75, 3.05) is 16.2 Å². The number of carbonyl (C=O) groups is 1. The zero-order valence-corrected chi connectivity index (χ0v) is 18.7. The number of amides is 1. The summed E-state index contributed by atoms with van der Waals surface area (Å²) in [5, 5.41) is 0.572. The molecule has 0 saturated heterocycles. The van der Waals surface area contributed by atoms with Crippen molar-refractivity contribution in [3.8, 4) is 0 Å². The molecule has 0 aromatic heterocycles. The number of rotatable bonds is 5. The second kappa shape index (κ2) is 8.73. The molecule has 160 valence electrons. The quantitative estimate of drug-likeness (QED) is 0.569. The first-order chi connectivity index (χ1) is 14.9. The van der Waals surface area contributed by atoms with Crippen LogP contribution in [0.1, 0.15) is 34.8 Å². The van der Waals surface area contributed by atoms with E-state index in [0.29, 0.717) is 29.2 Å². The van der Waals surface area contributed by atoms with Crippen molar-refractivity contribution < 1.29 is 13.2 Å². The molecule has 0 radical (unpaired) electrons. The second-order valence-corrected chi connectivity index (χ2v) is 9.63. The minimum Gasteiger partial charge on any atom is -0.308 e. The van der Waals surface area contributed by atoms with Crippen molar-refractivity contribution in [3.63, 3.8) is 0 Å². The van der Waals surface area contributed by atoms with E-state index in [1.165, 1.54) is 0 Å². The van der Waals surface area contributed by atoms with Crippen LogP contribution >= 0.6 is 11.6 Å². The lowest BCUT2D eigenvalue weighted by Gasteiger charge is -2.30. The largest absolute Gasteiger partial charge is 0.308 e. The predicted molar refractivity (Wildman–Crippen MR) is 125 cm³/mol. The Kier molecular flexibility index (Phi) is 6.03. The number of halogens is 1. The Labute approximate surface area is 187 Å². The monoisotopic (exact) mass is 454 g/mol. The fourth-order valence-electron chi connectivity index (χ4n) is 3.72. The molecule has 0 bridgehead atoms. The van der Waals surface area contributed by atoms with Gasteiger partial charge in [0.05, 0.1) is 4.90 Å². The molecule has 7 heteroatoms. The highest BCUT2D eigenvalue weighted by Gasteiger charge is 2.25. The molecule has 0 spiro atoms. The molecule has 31 heavy (non-hydrogen) atoms. The zero-order chi connectivity index (χ0) is 22.0. The van der Waals surface area contributed by atoms with E-state index in [1.807, 2.05) is 19.1 Å². The van der Waals surface area contributed by atoms with Crippen molar-refractivity contribution in [1.29, 1.82) is 0 Å². The number of aryl methyl sites for hydroxylation is 2. The molecule has 0 unspecified atom stereocenters. The lowest BCUT2D eigenvalue weighted by molar-refractivity contribution is 0.0985. The van der Waals surface area contributed by atoms with E-state index in [0.717, 1.165) is 29.7 Å². The third-order valence-electron chi connectivity index (χ3n) is 5.43. The number of sulfonamides is 1. The Morgan fingerprint density at radius 1 is 1.03 bits per heavy atom. The first kappa shape index (κ1) is 21.4. The third kappa shape index (κ3) is 4.60. The summed E-state index contributed by atoms with van der Waals surface area (Å²) in [5.74, 6) is -0.123. The van der Waals surface area contributed by atoms with E-state index >= 15 is 0 Å². The van der Waals surface area contributed by atoms with Crippen LogP contribution in [0.5, 0.6) is 0 Å². The maximum absolute atomic E-state index is 13.0. The first-order valence-electron chi connectivity index (χ1n) is 10.2. The third-order valence-corrected chi connectivity index (χ3v) is 7.06. The van der Waals surface area contributed by atoms with Gasteiger partial charge in [-0.2, -0.15) is 0 Å². The van der Waals surface area contributed by atoms with Crippen LogP contribution in [0.25, 0.3) is 0 Å². The number of hydrogen-bond donors (Lipinski definition) is 1. The summed E-state index contributed by atoms with van der Waals surface area (Å²) in [6.45, 7) is 2.63. The normalized spacial score (nSPS) is 13.5. The van der Waals surface area contributed by atoms with E-state index in [1.54, 1.807) is 59.5 Å². The van der Waals surface area contributed by atoms with Crippen molar-refractivity contribution in [1.82, 2.24) is 0 Å². The average molecular weight is 455 g/mol. The average Bonchev–Trinajstić information content (AvgIpc) is 2.78. The van der Waals surface area contributed by atoms with E-state index < -0.39 is 10.0 Å². The molecule has 3 aromatic carbocycles. The molecule has 0 aliphatic carbocycles. The molecule has 4 rings (SSSR count). The highest BCUT2D eigenvalue weighted by Crippen LogP contribution is 2.31. The number of hydrogen-bond acceptors (Lipinski definition) is 3. The molecule has 0 saturated carbocycles. The molecule has 1 aliphatic heterocycles. The second-order valence-electron chi connectivity index (χ2n) is 7.51.